The zero-order valence-electron chi connectivity index (χ0n) is 18.9. The van der Waals surface area contributed by atoms with Crippen LogP contribution in [-0.4, -0.2) is 45.8 Å². The third-order valence-electron chi connectivity index (χ3n) is 5.80. The van der Waals surface area contributed by atoms with Gasteiger partial charge < -0.3 is 10.4 Å². The molecule has 176 valence electrons. The summed E-state index contributed by atoms with van der Waals surface area (Å²) in [6.45, 7) is 5.95. The second kappa shape index (κ2) is 8.29. The van der Waals surface area contributed by atoms with Crippen LogP contribution in [0.15, 0.2) is 36.4 Å². The van der Waals surface area contributed by atoms with Gasteiger partial charge >= 0.3 is 6.09 Å². The van der Waals surface area contributed by atoms with Gasteiger partial charge in [-0.3, -0.25) is 34.7 Å². The molecule has 2 aliphatic heterocycles. The van der Waals surface area contributed by atoms with E-state index in [1.807, 2.05) is 26.8 Å². The summed E-state index contributed by atoms with van der Waals surface area (Å²) < 4.78 is 0. The lowest BCUT2D eigenvalue weighted by Crippen LogP contribution is -2.54. The van der Waals surface area contributed by atoms with Gasteiger partial charge in [0.15, 0.2) is 0 Å². The standard InChI is InChI=1S/C24H24N4O6/c1-24(2,3)12-9-13(11-14(10-12)26-23(33)34)25-16-6-4-5-15-19(16)22(32)28(21(15)31)17-7-8-18(29)27-20(17)30/h4-6,9-11,17,25-26H,7-8H2,1-3H3,(H,33,34)(H,27,29,30). The van der Waals surface area contributed by atoms with E-state index in [1.165, 1.54) is 6.07 Å². The van der Waals surface area contributed by atoms with Crippen LogP contribution in [0, 0.1) is 0 Å². The number of nitrogens with one attached hydrogen (secondary N) is 3. The fourth-order valence-electron chi connectivity index (χ4n) is 4.10. The van der Waals surface area contributed by atoms with Gasteiger partial charge in [-0.05, 0) is 47.7 Å². The summed E-state index contributed by atoms with van der Waals surface area (Å²) in [5.74, 6) is -2.35. The molecule has 0 saturated carbocycles. The minimum absolute atomic E-state index is 0.0356. The minimum Gasteiger partial charge on any atom is -0.465 e. The molecule has 10 nitrogen and oxygen atoms in total. The number of carboxylic acid groups (broad SMARTS) is 1. The summed E-state index contributed by atoms with van der Waals surface area (Å²) in [5, 5.41) is 16.8. The quantitative estimate of drug-likeness (QED) is 0.508. The number of piperidine rings is 1. The van der Waals surface area contributed by atoms with Gasteiger partial charge in [-0.25, -0.2) is 4.79 Å². The van der Waals surface area contributed by atoms with Crippen molar-refractivity contribution in [3.05, 3.63) is 53.1 Å². The van der Waals surface area contributed by atoms with Crippen molar-refractivity contribution in [2.24, 2.45) is 0 Å². The number of anilines is 3. The summed E-state index contributed by atoms with van der Waals surface area (Å²) >= 11 is 0. The molecule has 2 aromatic rings. The smallest absolute Gasteiger partial charge is 0.409 e. The normalized spacial score (nSPS) is 18.0. The van der Waals surface area contributed by atoms with Crippen molar-refractivity contribution in [1.82, 2.24) is 10.2 Å². The number of hydrogen-bond donors (Lipinski definition) is 4. The van der Waals surface area contributed by atoms with Crippen molar-refractivity contribution in [2.45, 2.75) is 45.1 Å². The molecule has 1 saturated heterocycles. The molecule has 2 aliphatic rings. The number of benzene rings is 2. The molecule has 0 aromatic heterocycles. The molecule has 0 radical (unpaired) electrons. The van der Waals surface area contributed by atoms with Gasteiger partial charge in [0.2, 0.25) is 11.8 Å². The van der Waals surface area contributed by atoms with E-state index in [0.717, 1.165) is 10.5 Å². The number of carbonyl (C=O) groups excluding carboxylic acids is 4. The second-order valence-electron chi connectivity index (χ2n) is 9.28. The van der Waals surface area contributed by atoms with Crippen molar-refractivity contribution in [1.29, 1.82) is 0 Å². The van der Waals surface area contributed by atoms with E-state index >= 15 is 0 Å². The lowest BCUT2D eigenvalue weighted by Gasteiger charge is -2.27. The van der Waals surface area contributed by atoms with Crippen LogP contribution in [0.25, 0.3) is 0 Å². The molecule has 5 amide bonds. The van der Waals surface area contributed by atoms with Crippen LogP contribution in [0.4, 0.5) is 21.9 Å². The molecular formula is C24H24N4O6. The van der Waals surface area contributed by atoms with Crippen LogP contribution in [-0.2, 0) is 15.0 Å². The molecule has 0 bridgehead atoms. The number of carbonyl (C=O) groups is 5. The maximum Gasteiger partial charge on any atom is 0.409 e. The van der Waals surface area contributed by atoms with E-state index < -0.39 is 35.8 Å². The Kier molecular flexibility index (Phi) is 5.60. The molecule has 0 spiro atoms. The predicted octanol–water partition coefficient (Wildman–Crippen LogP) is 3.22. The van der Waals surface area contributed by atoms with Crippen molar-refractivity contribution in [2.75, 3.05) is 10.6 Å². The van der Waals surface area contributed by atoms with E-state index in [0.29, 0.717) is 17.1 Å². The Morgan fingerprint density at radius 1 is 1.06 bits per heavy atom. The maximum absolute atomic E-state index is 13.3. The van der Waals surface area contributed by atoms with Gasteiger partial charge in [-0.1, -0.05) is 26.8 Å². The van der Waals surface area contributed by atoms with Crippen LogP contribution in [0.1, 0.15) is 59.9 Å². The minimum atomic E-state index is -1.21. The Morgan fingerprint density at radius 3 is 2.41 bits per heavy atom. The summed E-state index contributed by atoms with van der Waals surface area (Å²) in [5.41, 5.74) is 2.03. The Morgan fingerprint density at radius 2 is 1.76 bits per heavy atom. The molecule has 10 heteroatoms. The first kappa shape index (κ1) is 23.0. The molecule has 34 heavy (non-hydrogen) atoms. The Bertz CT molecular complexity index is 1250. The SMILES string of the molecule is CC(C)(C)c1cc(NC(=O)O)cc(Nc2cccc3c2C(=O)N(C2CCC(=O)NC2=O)C3=O)c1. The number of fused-ring (bicyclic) bond motifs is 1. The first-order chi connectivity index (χ1) is 16.0. The van der Waals surface area contributed by atoms with Crippen LogP contribution >= 0.6 is 0 Å². The molecule has 0 aliphatic carbocycles. The summed E-state index contributed by atoms with van der Waals surface area (Å²) in [6.07, 6.45) is -1.11. The van der Waals surface area contributed by atoms with Crippen molar-refractivity contribution in [3.63, 3.8) is 0 Å². The van der Waals surface area contributed by atoms with E-state index in [4.69, 9.17) is 5.11 Å². The summed E-state index contributed by atoms with van der Waals surface area (Å²) in [4.78, 5) is 62.2. The lowest BCUT2D eigenvalue weighted by molar-refractivity contribution is -0.136. The average molecular weight is 464 g/mol. The Balaban J connectivity index is 1.71. The van der Waals surface area contributed by atoms with E-state index in [9.17, 15) is 24.0 Å². The van der Waals surface area contributed by atoms with Gasteiger partial charge in [0, 0.05) is 17.8 Å². The third kappa shape index (κ3) is 4.21. The highest BCUT2D eigenvalue weighted by molar-refractivity contribution is 6.25. The lowest BCUT2D eigenvalue weighted by atomic mass is 9.86. The number of nitrogens with zero attached hydrogens (tertiary/aromatic N) is 1. The van der Waals surface area contributed by atoms with Gasteiger partial charge in [0.05, 0.1) is 16.8 Å². The van der Waals surface area contributed by atoms with E-state index in [2.05, 4.69) is 16.0 Å². The Labute approximate surface area is 195 Å². The van der Waals surface area contributed by atoms with E-state index in [1.54, 1.807) is 24.3 Å². The summed E-state index contributed by atoms with van der Waals surface area (Å²) in [7, 11) is 0. The highest BCUT2D eigenvalue weighted by atomic mass is 16.4. The van der Waals surface area contributed by atoms with Crippen LogP contribution < -0.4 is 16.0 Å². The Hall–Kier alpha value is -4.21. The van der Waals surface area contributed by atoms with E-state index in [-0.39, 0.29) is 29.4 Å². The van der Waals surface area contributed by atoms with Gasteiger partial charge in [0.25, 0.3) is 11.8 Å². The van der Waals surface area contributed by atoms with Gasteiger partial charge in [-0.2, -0.15) is 0 Å². The third-order valence-corrected chi connectivity index (χ3v) is 5.80. The largest absolute Gasteiger partial charge is 0.465 e. The molecule has 2 heterocycles. The number of amides is 5. The number of imide groups is 2. The molecule has 1 atom stereocenters. The van der Waals surface area contributed by atoms with Crippen molar-refractivity contribution >= 4 is 46.8 Å². The fourth-order valence-corrected chi connectivity index (χ4v) is 4.10. The molecule has 1 unspecified atom stereocenters. The van der Waals surface area contributed by atoms with Crippen molar-refractivity contribution in [3.8, 4) is 0 Å². The monoisotopic (exact) mass is 464 g/mol. The molecule has 1 fully saturated rings. The van der Waals surface area contributed by atoms with Crippen LogP contribution in [0.3, 0.4) is 0 Å². The first-order valence-corrected chi connectivity index (χ1v) is 10.7. The molecule has 2 aromatic carbocycles. The average Bonchev–Trinajstić information content (AvgIpc) is 2.98. The highest BCUT2D eigenvalue weighted by Gasteiger charge is 2.45. The maximum atomic E-state index is 13.3. The van der Waals surface area contributed by atoms with Crippen molar-refractivity contribution < 1.29 is 29.1 Å². The highest BCUT2D eigenvalue weighted by Crippen LogP contribution is 2.35. The molecule has 4 rings (SSSR count). The van der Waals surface area contributed by atoms with Gasteiger partial charge in [0.1, 0.15) is 6.04 Å². The fraction of sp³-hybridized carbons (Fsp3) is 0.292. The topological polar surface area (TPSA) is 145 Å². The summed E-state index contributed by atoms with van der Waals surface area (Å²) in [6, 6.07) is 8.85. The molecule has 4 N–H and O–H groups in total. The van der Waals surface area contributed by atoms with Gasteiger partial charge in [-0.15, -0.1) is 0 Å². The first-order valence-electron chi connectivity index (χ1n) is 10.7. The molecular weight excluding hydrogens is 440 g/mol. The zero-order valence-corrected chi connectivity index (χ0v) is 18.9. The predicted molar refractivity (Wildman–Crippen MR) is 123 cm³/mol. The van der Waals surface area contributed by atoms with Crippen LogP contribution in [0.2, 0.25) is 0 Å². The second-order valence-corrected chi connectivity index (χ2v) is 9.28. The van der Waals surface area contributed by atoms with Crippen LogP contribution in [0.5, 0.6) is 0 Å². The zero-order chi connectivity index (χ0) is 24.8. The number of rotatable bonds is 4. The number of hydrogen-bond acceptors (Lipinski definition) is 6.